The van der Waals surface area contributed by atoms with E-state index in [0.717, 1.165) is 22.5 Å². The summed E-state index contributed by atoms with van der Waals surface area (Å²) in [6.45, 7) is 0.823. The number of aromatic nitrogens is 4. The number of hydrogen-bond acceptors (Lipinski definition) is 5. The van der Waals surface area contributed by atoms with Gasteiger partial charge < -0.3 is 10.4 Å². The van der Waals surface area contributed by atoms with Gasteiger partial charge in [-0.05, 0) is 18.6 Å². The van der Waals surface area contributed by atoms with E-state index < -0.39 is 0 Å². The molecule has 0 aliphatic carbocycles. The van der Waals surface area contributed by atoms with Gasteiger partial charge in [0.15, 0.2) is 5.65 Å². The predicted molar refractivity (Wildman–Crippen MR) is 76.9 cm³/mol. The summed E-state index contributed by atoms with van der Waals surface area (Å²) in [5.74, 6) is 0.741. The largest absolute Gasteiger partial charge is 0.396 e. The van der Waals surface area contributed by atoms with Crippen molar-refractivity contribution in [3.63, 3.8) is 0 Å². The van der Waals surface area contributed by atoms with Crippen molar-refractivity contribution in [1.29, 1.82) is 0 Å². The van der Waals surface area contributed by atoms with Crippen LogP contribution in [0, 0.1) is 0 Å². The third kappa shape index (κ3) is 2.33. The van der Waals surface area contributed by atoms with E-state index in [0.29, 0.717) is 13.0 Å². The fourth-order valence-electron chi connectivity index (χ4n) is 2.03. The van der Waals surface area contributed by atoms with Gasteiger partial charge in [-0.2, -0.15) is 5.10 Å². The van der Waals surface area contributed by atoms with Gasteiger partial charge in [0.25, 0.3) is 0 Å². The third-order valence-corrected chi connectivity index (χ3v) is 2.99. The number of para-hydroxylation sites is 1. The Morgan fingerprint density at radius 3 is 2.80 bits per heavy atom. The molecule has 0 unspecified atom stereocenters. The molecule has 0 amide bonds. The highest BCUT2D eigenvalue weighted by atomic mass is 16.3. The van der Waals surface area contributed by atoms with Crippen molar-refractivity contribution in [1.82, 2.24) is 19.7 Å². The number of benzene rings is 1. The van der Waals surface area contributed by atoms with Crippen LogP contribution in [0.5, 0.6) is 0 Å². The van der Waals surface area contributed by atoms with Crippen LogP contribution in [0.15, 0.2) is 42.9 Å². The van der Waals surface area contributed by atoms with Gasteiger partial charge in [-0.25, -0.2) is 14.6 Å². The van der Waals surface area contributed by atoms with E-state index in [1.165, 1.54) is 6.33 Å². The van der Waals surface area contributed by atoms with Gasteiger partial charge in [0, 0.05) is 13.2 Å². The van der Waals surface area contributed by atoms with Gasteiger partial charge in [-0.15, -0.1) is 0 Å². The molecule has 0 radical (unpaired) electrons. The van der Waals surface area contributed by atoms with Crippen molar-refractivity contribution in [3.05, 3.63) is 42.9 Å². The van der Waals surface area contributed by atoms with Gasteiger partial charge in [0.2, 0.25) is 0 Å². The highest BCUT2D eigenvalue weighted by molar-refractivity contribution is 5.87. The molecule has 0 aliphatic heterocycles. The van der Waals surface area contributed by atoms with Crippen molar-refractivity contribution in [2.24, 2.45) is 0 Å². The molecule has 6 heteroatoms. The molecule has 0 saturated carbocycles. The third-order valence-electron chi connectivity index (χ3n) is 2.99. The molecule has 2 N–H and O–H groups in total. The van der Waals surface area contributed by atoms with E-state index in [1.807, 2.05) is 30.3 Å². The Kier molecular flexibility index (Phi) is 3.56. The summed E-state index contributed by atoms with van der Waals surface area (Å²) in [4.78, 5) is 8.53. The number of nitrogens with zero attached hydrogens (tertiary/aromatic N) is 4. The molecular formula is C14H15N5O. The highest BCUT2D eigenvalue weighted by Crippen LogP contribution is 2.21. The second-order valence-electron chi connectivity index (χ2n) is 4.36. The fourth-order valence-corrected chi connectivity index (χ4v) is 2.03. The number of nitrogens with one attached hydrogen (secondary N) is 1. The zero-order valence-corrected chi connectivity index (χ0v) is 10.9. The van der Waals surface area contributed by atoms with Crippen LogP contribution >= 0.6 is 0 Å². The van der Waals surface area contributed by atoms with Crippen LogP contribution in [0.2, 0.25) is 0 Å². The number of fused-ring (bicyclic) bond motifs is 1. The van der Waals surface area contributed by atoms with E-state index in [1.54, 1.807) is 10.9 Å². The molecule has 2 heterocycles. The van der Waals surface area contributed by atoms with Crippen LogP contribution in [0.3, 0.4) is 0 Å². The lowest BCUT2D eigenvalue weighted by Gasteiger charge is -2.05. The summed E-state index contributed by atoms with van der Waals surface area (Å²) in [6.07, 6.45) is 3.95. The Morgan fingerprint density at radius 2 is 2.00 bits per heavy atom. The second kappa shape index (κ2) is 5.66. The molecule has 0 saturated heterocycles. The summed E-state index contributed by atoms with van der Waals surface area (Å²) in [5, 5.41) is 17.3. The molecule has 3 rings (SSSR count). The molecule has 6 nitrogen and oxygen atoms in total. The highest BCUT2D eigenvalue weighted by Gasteiger charge is 2.10. The van der Waals surface area contributed by atoms with E-state index in [-0.39, 0.29) is 6.61 Å². The van der Waals surface area contributed by atoms with Crippen molar-refractivity contribution < 1.29 is 5.11 Å². The first kappa shape index (κ1) is 12.6. The average molecular weight is 269 g/mol. The molecule has 0 fully saturated rings. The topological polar surface area (TPSA) is 75.9 Å². The number of hydrogen-bond donors (Lipinski definition) is 2. The molecule has 0 atom stereocenters. The van der Waals surface area contributed by atoms with E-state index >= 15 is 0 Å². The second-order valence-corrected chi connectivity index (χ2v) is 4.36. The normalized spacial score (nSPS) is 10.8. The molecule has 1 aromatic carbocycles. The van der Waals surface area contributed by atoms with Crippen LogP contribution in [0.1, 0.15) is 6.42 Å². The monoisotopic (exact) mass is 269 g/mol. The summed E-state index contributed by atoms with van der Waals surface area (Å²) < 4.78 is 1.79. The fraction of sp³-hybridized carbons (Fsp3) is 0.214. The first-order chi connectivity index (χ1) is 9.90. The molecule has 0 spiro atoms. The summed E-state index contributed by atoms with van der Waals surface area (Å²) in [5.41, 5.74) is 1.72. The molecule has 2 aromatic heterocycles. The van der Waals surface area contributed by atoms with Gasteiger partial charge in [0.05, 0.1) is 17.3 Å². The van der Waals surface area contributed by atoms with Crippen LogP contribution in [-0.2, 0) is 0 Å². The number of rotatable bonds is 5. The van der Waals surface area contributed by atoms with Crippen LogP contribution in [0.4, 0.5) is 5.82 Å². The van der Waals surface area contributed by atoms with Crippen molar-refractivity contribution in [2.75, 3.05) is 18.5 Å². The smallest absolute Gasteiger partial charge is 0.168 e. The minimum atomic E-state index is 0.157. The quantitative estimate of drug-likeness (QED) is 0.688. The molecule has 20 heavy (non-hydrogen) atoms. The van der Waals surface area contributed by atoms with E-state index in [2.05, 4.69) is 20.4 Å². The molecule has 3 aromatic rings. The lowest BCUT2D eigenvalue weighted by molar-refractivity contribution is 0.292. The molecule has 0 aliphatic rings. The predicted octanol–water partition coefficient (Wildman–Crippen LogP) is 1.61. The standard InChI is InChI=1S/C14H15N5O/c20-8-4-7-15-13-12-9-18-19(14(12)17-10-16-13)11-5-2-1-3-6-11/h1-3,5-6,9-10,20H,4,7-8H2,(H,15,16,17). The zero-order chi connectivity index (χ0) is 13.8. The molecule has 0 bridgehead atoms. The maximum Gasteiger partial charge on any atom is 0.168 e. The lowest BCUT2D eigenvalue weighted by atomic mass is 10.3. The Balaban J connectivity index is 1.99. The Labute approximate surface area is 116 Å². The van der Waals surface area contributed by atoms with E-state index in [4.69, 9.17) is 5.11 Å². The van der Waals surface area contributed by atoms with Gasteiger partial charge in [-0.1, -0.05) is 18.2 Å². The molecule has 102 valence electrons. The minimum Gasteiger partial charge on any atom is -0.396 e. The maximum atomic E-state index is 8.82. The van der Waals surface area contributed by atoms with Crippen molar-refractivity contribution in [2.45, 2.75) is 6.42 Å². The Morgan fingerprint density at radius 1 is 1.15 bits per heavy atom. The van der Waals surface area contributed by atoms with Gasteiger partial charge >= 0.3 is 0 Å². The number of anilines is 1. The Hall–Kier alpha value is -2.47. The Bertz CT molecular complexity index is 695. The van der Waals surface area contributed by atoms with Crippen LogP contribution in [0.25, 0.3) is 16.7 Å². The van der Waals surface area contributed by atoms with E-state index in [9.17, 15) is 0 Å². The van der Waals surface area contributed by atoms with Crippen LogP contribution in [-0.4, -0.2) is 38.0 Å². The molecular weight excluding hydrogens is 254 g/mol. The maximum absolute atomic E-state index is 8.82. The summed E-state index contributed by atoms with van der Waals surface area (Å²) in [7, 11) is 0. The summed E-state index contributed by atoms with van der Waals surface area (Å²) in [6, 6.07) is 9.85. The zero-order valence-electron chi connectivity index (χ0n) is 10.9. The number of aliphatic hydroxyl groups is 1. The lowest BCUT2D eigenvalue weighted by Crippen LogP contribution is -2.06. The van der Waals surface area contributed by atoms with Gasteiger partial charge in [0.1, 0.15) is 12.1 Å². The minimum absolute atomic E-state index is 0.157. The SMILES string of the molecule is OCCCNc1ncnc2c1cnn2-c1ccccc1. The first-order valence-corrected chi connectivity index (χ1v) is 6.49. The van der Waals surface area contributed by atoms with Gasteiger partial charge in [-0.3, -0.25) is 0 Å². The summed E-state index contributed by atoms with van der Waals surface area (Å²) >= 11 is 0. The first-order valence-electron chi connectivity index (χ1n) is 6.49. The number of aliphatic hydroxyl groups excluding tert-OH is 1. The van der Waals surface area contributed by atoms with Crippen molar-refractivity contribution >= 4 is 16.9 Å². The average Bonchev–Trinajstić information content (AvgIpc) is 2.93. The van der Waals surface area contributed by atoms with Crippen molar-refractivity contribution in [3.8, 4) is 5.69 Å². The van der Waals surface area contributed by atoms with Crippen LogP contribution < -0.4 is 5.32 Å².